The standard InChI is InChI=1S/C13H19ClN2O2S/c1-19(17,18)11-2-3-12(14)13(8-11)16-9-10-4-6-15-7-5-10/h2-3,8,10,15-16H,4-7,9H2,1H3. The van der Waals surface area contributed by atoms with Crippen LogP contribution in [-0.2, 0) is 9.84 Å². The molecular formula is C13H19ClN2O2S. The van der Waals surface area contributed by atoms with Gasteiger partial charge >= 0.3 is 0 Å². The SMILES string of the molecule is CS(=O)(=O)c1ccc(Cl)c(NCC2CCNCC2)c1. The van der Waals surface area contributed by atoms with Crippen LogP contribution < -0.4 is 10.6 Å². The summed E-state index contributed by atoms with van der Waals surface area (Å²) >= 11 is 6.09. The first-order valence-corrected chi connectivity index (χ1v) is 8.68. The third-order valence-corrected chi connectivity index (χ3v) is 4.85. The Morgan fingerprint density at radius 3 is 2.68 bits per heavy atom. The number of sulfone groups is 1. The lowest BCUT2D eigenvalue weighted by molar-refractivity contribution is 0.390. The van der Waals surface area contributed by atoms with Crippen molar-refractivity contribution in [2.75, 3.05) is 31.2 Å². The van der Waals surface area contributed by atoms with E-state index in [0.717, 1.165) is 32.5 Å². The van der Waals surface area contributed by atoms with Crippen LogP contribution in [0.2, 0.25) is 5.02 Å². The van der Waals surface area contributed by atoms with E-state index in [1.165, 1.54) is 12.3 Å². The molecule has 1 saturated heterocycles. The molecule has 2 rings (SSSR count). The van der Waals surface area contributed by atoms with Crippen LogP contribution in [0.15, 0.2) is 23.1 Å². The fourth-order valence-corrected chi connectivity index (χ4v) is 3.04. The van der Waals surface area contributed by atoms with Gasteiger partial charge in [0.15, 0.2) is 9.84 Å². The number of nitrogens with one attached hydrogen (secondary N) is 2. The molecule has 1 aromatic carbocycles. The van der Waals surface area contributed by atoms with Gasteiger partial charge in [0.2, 0.25) is 0 Å². The average molecular weight is 303 g/mol. The number of piperidine rings is 1. The van der Waals surface area contributed by atoms with Gasteiger partial charge in [-0.3, -0.25) is 0 Å². The third-order valence-electron chi connectivity index (χ3n) is 3.41. The molecule has 2 N–H and O–H groups in total. The van der Waals surface area contributed by atoms with Crippen molar-refractivity contribution < 1.29 is 8.42 Å². The van der Waals surface area contributed by atoms with Gasteiger partial charge in [-0.1, -0.05) is 11.6 Å². The van der Waals surface area contributed by atoms with Gasteiger partial charge in [0.1, 0.15) is 0 Å². The first kappa shape index (κ1) is 14.6. The molecule has 0 aliphatic carbocycles. The molecule has 0 bridgehead atoms. The second-order valence-electron chi connectivity index (χ2n) is 4.99. The summed E-state index contributed by atoms with van der Waals surface area (Å²) in [5.74, 6) is 0.610. The fraction of sp³-hybridized carbons (Fsp3) is 0.538. The molecule has 0 unspecified atom stereocenters. The summed E-state index contributed by atoms with van der Waals surface area (Å²) in [7, 11) is -3.19. The molecule has 1 aromatic rings. The van der Waals surface area contributed by atoms with Crippen molar-refractivity contribution in [3.05, 3.63) is 23.2 Å². The number of benzene rings is 1. The number of halogens is 1. The number of anilines is 1. The second-order valence-corrected chi connectivity index (χ2v) is 7.41. The zero-order valence-electron chi connectivity index (χ0n) is 10.9. The van der Waals surface area contributed by atoms with Crippen LogP contribution in [0, 0.1) is 5.92 Å². The van der Waals surface area contributed by atoms with Crippen LogP contribution in [0.25, 0.3) is 0 Å². The van der Waals surface area contributed by atoms with Crippen molar-refractivity contribution in [2.24, 2.45) is 5.92 Å². The molecule has 6 heteroatoms. The second kappa shape index (κ2) is 6.11. The maximum atomic E-state index is 11.5. The molecule has 19 heavy (non-hydrogen) atoms. The minimum atomic E-state index is -3.19. The molecule has 1 aliphatic rings. The highest BCUT2D eigenvalue weighted by molar-refractivity contribution is 7.90. The smallest absolute Gasteiger partial charge is 0.175 e. The van der Waals surface area contributed by atoms with Gasteiger partial charge in [0.25, 0.3) is 0 Å². The largest absolute Gasteiger partial charge is 0.384 e. The molecule has 1 aliphatic heterocycles. The monoisotopic (exact) mass is 302 g/mol. The molecule has 0 spiro atoms. The molecule has 0 atom stereocenters. The Morgan fingerprint density at radius 1 is 1.37 bits per heavy atom. The Hall–Kier alpha value is -0.780. The van der Waals surface area contributed by atoms with Crippen LogP contribution in [0.5, 0.6) is 0 Å². The van der Waals surface area contributed by atoms with Gasteiger partial charge in [-0.2, -0.15) is 0 Å². The van der Waals surface area contributed by atoms with Crippen LogP contribution in [-0.4, -0.2) is 34.3 Å². The first-order valence-electron chi connectivity index (χ1n) is 6.41. The van der Waals surface area contributed by atoms with Crippen molar-refractivity contribution in [3.63, 3.8) is 0 Å². The molecule has 106 valence electrons. The van der Waals surface area contributed by atoms with E-state index in [1.807, 2.05) is 0 Å². The van der Waals surface area contributed by atoms with E-state index in [2.05, 4.69) is 10.6 Å². The Balaban J connectivity index is 2.06. The molecule has 0 amide bonds. The van der Waals surface area contributed by atoms with Crippen molar-refractivity contribution in [3.8, 4) is 0 Å². The molecule has 0 radical (unpaired) electrons. The molecule has 0 aromatic heterocycles. The predicted molar refractivity (Wildman–Crippen MR) is 78.6 cm³/mol. The highest BCUT2D eigenvalue weighted by atomic mass is 35.5. The summed E-state index contributed by atoms with van der Waals surface area (Å²) < 4.78 is 23.0. The van der Waals surface area contributed by atoms with Gasteiger partial charge < -0.3 is 10.6 Å². The van der Waals surface area contributed by atoms with Crippen molar-refractivity contribution in [1.29, 1.82) is 0 Å². The lowest BCUT2D eigenvalue weighted by atomic mass is 9.98. The average Bonchev–Trinajstić information content (AvgIpc) is 2.37. The number of hydrogen-bond donors (Lipinski definition) is 2. The zero-order chi connectivity index (χ0) is 13.9. The van der Waals surface area contributed by atoms with E-state index < -0.39 is 9.84 Å². The van der Waals surface area contributed by atoms with Crippen molar-refractivity contribution in [1.82, 2.24) is 5.32 Å². The van der Waals surface area contributed by atoms with E-state index in [4.69, 9.17) is 11.6 Å². The van der Waals surface area contributed by atoms with E-state index in [0.29, 0.717) is 21.5 Å². The quantitative estimate of drug-likeness (QED) is 0.895. The van der Waals surface area contributed by atoms with E-state index in [9.17, 15) is 8.42 Å². The summed E-state index contributed by atoms with van der Waals surface area (Å²) in [5, 5.41) is 7.15. The molecule has 0 saturated carbocycles. The lowest BCUT2D eigenvalue weighted by Crippen LogP contribution is -2.31. The maximum Gasteiger partial charge on any atom is 0.175 e. The maximum absolute atomic E-state index is 11.5. The number of hydrogen-bond acceptors (Lipinski definition) is 4. The highest BCUT2D eigenvalue weighted by Crippen LogP contribution is 2.26. The van der Waals surface area contributed by atoms with E-state index >= 15 is 0 Å². The summed E-state index contributed by atoms with van der Waals surface area (Å²) in [6.45, 7) is 2.92. The van der Waals surface area contributed by atoms with Gasteiger partial charge in [0.05, 0.1) is 15.6 Å². The predicted octanol–water partition coefficient (Wildman–Crippen LogP) is 2.16. The molecule has 4 nitrogen and oxygen atoms in total. The van der Waals surface area contributed by atoms with Crippen LogP contribution >= 0.6 is 11.6 Å². The van der Waals surface area contributed by atoms with Crippen LogP contribution in [0.4, 0.5) is 5.69 Å². The topological polar surface area (TPSA) is 58.2 Å². The lowest BCUT2D eigenvalue weighted by Gasteiger charge is -2.23. The summed E-state index contributed by atoms with van der Waals surface area (Å²) in [6, 6.07) is 4.77. The van der Waals surface area contributed by atoms with Crippen LogP contribution in [0.1, 0.15) is 12.8 Å². The zero-order valence-corrected chi connectivity index (χ0v) is 12.5. The Labute approximate surface area is 119 Å². The Morgan fingerprint density at radius 2 is 2.05 bits per heavy atom. The van der Waals surface area contributed by atoms with E-state index in [1.54, 1.807) is 12.1 Å². The fourth-order valence-electron chi connectivity index (χ4n) is 2.21. The summed E-state index contributed by atoms with van der Waals surface area (Å²) in [5.41, 5.74) is 0.697. The minimum absolute atomic E-state index is 0.296. The van der Waals surface area contributed by atoms with Crippen molar-refractivity contribution in [2.45, 2.75) is 17.7 Å². The summed E-state index contributed by atoms with van der Waals surface area (Å²) in [6.07, 6.45) is 3.47. The summed E-state index contributed by atoms with van der Waals surface area (Å²) in [4.78, 5) is 0.296. The van der Waals surface area contributed by atoms with Gasteiger partial charge in [0, 0.05) is 12.8 Å². The van der Waals surface area contributed by atoms with E-state index in [-0.39, 0.29) is 0 Å². The van der Waals surface area contributed by atoms with Crippen molar-refractivity contribution >= 4 is 27.1 Å². The van der Waals surface area contributed by atoms with Gasteiger partial charge in [-0.05, 0) is 50.0 Å². The molecule has 1 heterocycles. The van der Waals surface area contributed by atoms with Gasteiger partial charge in [-0.15, -0.1) is 0 Å². The van der Waals surface area contributed by atoms with Gasteiger partial charge in [-0.25, -0.2) is 8.42 Å². The number of rotatable bonds is 4. The Bertz CT molecular complexity index is 540. The van der Waals surface area contributed by atoms with Crippen LogP contribution in [0.3, 0.4) is 0 Å². The minimum Gasteiger partial charge on any atom is -0.384 e. The third kappa shape index (κ3) is 4.09. The molecular weight excluding hydrogens is 284 g/mol. The highest BCUT2D eigenvalue weighted by Gasteiger charge is 2.14. The molecule has 1 fully saturated rings. The Kier molecular flexibility index (Phi) is 4.71. The normalized spacial score (nSPS) is 17.4. The first-order chi connectivity index (χ1) is 8.97.